The van der Waals surface area contributed by atoms with Gasteiger partial charge in [-0.1, -0.05) is 36.4 Å². The van der Waals surface area contributed by atoms with Crippen LogP contribution in [0.15, 0.2) is 96.7 Å². The number of benzene rings is 2. The van der Waals surface area contributed by atoms with E-state index in [1.54, 1.807) is 18.6 Å². The SMILES string of the molecule is Cc1cc2ncn(-c3cccc(-c4nccn4C(C)C)n3)c(=O)c2cc1-n1cnc(-c2ccccc2)c1. The fourth-order valence-corrected chi connectivity index (χ4v) is 4.53. The second-order valence-electron chi connectivity index (χ2n) is 9.24. The standard InChI is InChI=1S/C29H25N7O/c1-19(2)35-13-12-30-28(35)23-10-7-11-27(33-23)36-18-32-24-14-20(3)26(15-22(24)29(36)37)34-16-25(31-17-34)21-8-5-4-6-9-21/h4-19H,1-3H3. The first-order chi connectivity index (χ1) is 18.0. The van der Waals surface area contributed by atoms with E-state index in [0.29, 0.717) is 22.4 Å². The van der Waals surface area contributed by atoms with Crippen molar-refractivity contribution >= 4 is 10.9 Å². The molecular weight excluding hydrogens is 462 g/mol. The van der Waals surface area contributed by atoms with Gasteiger partial charge in [0.05, 0.1) is 28.6 Å². The van der Waals surface area contributed by atoms with Crippen LogP contribution in [0.5, 0.6) is 0 Å². The molecule has 0 bridgehead atoms. The van der Waals surface area contributed by atoms with Crippen LogP contribution >= 0.6 is 0 Å². The molecule has 0 fully saturated rings. The first kappa shape index (κ1) is 22.6. The Labute approximate surface area is 213 Å². The predicted molar refractivity (Wildman–Crippen MR) is 144 cm³/mol. The Balaban J connectivity index is 1.44. The predicted octanol–water partition coefficient (Wildman–Crippen LogP) is 5.39. The average Bonchev–Trinajstić information content (AvgIpc) is 3.60. The fraction of sp³-hybridized carbons (Fsp3) is 0.138. The van der Waals surface area contributed by atoms with Gasteiger partial charge in [-0.25, -0.2) is 19.9 Å². The van der Waals surface area contributed by atoms with Gasteiger partial charge in [-0.05, 0) is 50.6 Å². The number of hydrogen-bond donors (Lipinski definition) is 0. The zero-order chi connectivity index (χ0) is 25.5. The summed E-state index contributed by atoms with van der Waals surface area (Å²) in [6, 6.07) is 19.6. The largest absolute Gasteiger partial charge is 0.327 e. The highest BCUT2D eigenvalue weighted by Crippen LogP contribution is 2.24. The van der Waals surface area contributed by atoms with Crippen LogP contribution in [0.4, 0.5) is 0 Å². The van der Waals surface area contributed by atoms with E-state index in [-0.39, 0.29) is 11.6 Å². The molecule has 0 atom stereocenters. The van der Waals surface area contributed by atoms with Crippen molar-refractivity contribution in [3.05, 3.63) is 108 Å². The Morgan fingerprint density at radius 3 is 2.51 bits per heavy atom. The van der Waals surface area contributed by atoms with Gasteiger partial charge in [0, 0.05) is 30.2 Å². The molecule has 0 saturated carbocycles. The smallest absolute Gasteiger partial charge is 0.267 e. The van der Waals surface area contributed by atoms with Crippen LogP contribution in [0.2, 0.25) is 0 Å². The molecule has 6 rings (SSSR count). The molecule has 4 aromatic heterocycles. The summed E-state index contributed by atoms with van der Waals surface area (Å²) >= 11 is 0. The highest BCUT2D eigenvalue weighted by molar-refractivity contribution is 5.81. The summed E-state index contributed by atoms with van der Waals surface area (Å²) in [6.07, 6.45) is 8.97. The van der Waals surface area contributed by atoms with E-state index < -0.39 is 0 Å². The normalized spacial score (nSPS) is 11.5. The van der Waals surface area contributed by atoms with Gasteiger partial charge >= 0.3 is 0 Å². The summed E-state index contributed by atoms with van der Waals surface area (Å²) in [6.45, 7) is 6.19. The molecule has 0 amide bonds. The Morgan fingerprint density at radius 2 is 1.70 bits per heavy atom. The summed E-state index contributed by atoms with van der Waals surface area (Å²) in [4.78, 5) is 32.1. The number of rotatable bonds is 5. The van der Waals surface area contributed by atoms with E-state index >= 15 is 0 Å². The van der Waals surface area contributed by atoms with Crippen LogP contribution in [0.25, 0.3) is 45.2 Å². The second-order valence-corrected chi connectivity index (χ2v) is 9.24. The Morgan fingerprint density at radius 1 is 0.865 bits per heavy atom. The summed E-state index contributed by atoms with van der Waals surface area (Å²) < 4.78 is 5.48. The monoisotopic (exact) mass is 487 g/mol. The minimum Gasteiger partial charge on any atom is -0.327 e. The molecule has 4 heterocycles. The lowest BCUT2D eigenvalue weighted by Crippen LogP contribution is -2.20. The quantitative estimate of drug-likeness (QED) is 0.326. The fourth-order valence-electron chi connectivity index (χ4n) is 4.53. The molecule has 0 unspecified atom stereocenters. The number of fused-ring (bicyclic) bond motifs is 1. The maximum atomic E-state index is 13.7. The topological polar surface area (TPSA) is 83.4 Å². The van der Waals surface area contributed by atoms with E-state index in [1.165, 1.54) is 10.9 Å². The minimum absolute atomic E-state index is 0.188. The van der Waals surface area contributed by atoms with Gasteiger partial charge in [0.15, 0.2) is 5.82 Å². The van der Waals surface area contributed by atoms with Crippen molar-refractivity contribution in [2.24, 2.45) is 0 Å². The van der Waals surface area contributed by atoms with Crippen LogP contribution in [0.1, 0.15) is 25.5 Å². The van der Waals surface area contributed by atoms with Gasteiger partial charge < -0.3 is 9.13 Å². The van der Waals surface area contributed by atoms with Gasteiger partial charge in [0.1, 0.15) is 17.8 Å². The van der Waals surface area contributed by atoms with Crippen molar-refractivity contribution in [2.45, 2.75) is 26.8 Å². The molecule has 0 aliphatic rings. The summed E-state index contributed by atoms with van der Waals surface area (Å²) in [5.74, 6) is 1.25. The molecule has 0 aliphatic heterocycles. The van der Waals surface area contributed by atoms with Crippen molar-refractivity contribution in [1.82, 2.24) is 33.6 Å². The Bertz CT molecular complexity index is 1790. The van der Waals surface area contributed by atoms with Crippen LogP contribution in [0.3, 0.4) is 0 Å². The maximum absolute atomic E-state index is 13.7. The highest BCUT2D eigenvalue weighted by Gasteiger charge is 2.14. The third-order valence-electron chi connectivity index (χ3n) is 6.44. The van der Waals surface area contributed by atoms with Crippen molar-refractivity contribution in [2.75, 3.05) is 0 Å². The molecule has 8 heteroatoms. The molecule has 37 heavy (non-hydrogen) atoms. The lowest BCUT2D eigenvalue weighted by Gasteiger charge is -2.13. The molecule has 6 aromatic rings. The number of hydrogen-bond acceptors (Lipinski definition) is 5. The van der Waals surface area contributed by atoms with Crippen molar-refractivity contribution in [3.63, 3.8) is 0 Å². The van der Waals surface area contributed by atoms with Crippen molar-refractivity contribution < 1.29 is 0 Å². The summed E-state index contributed by atoms with van der Waals surface area (Å²) in [5, 5.41) is 0.508. The molecule has 0 radical (unpaired) electrons. The maximum Gasteiger partial charge on any atom is 0.267 e. The molecular formula is C29H25N7O. The van der Waals surface area contributed by atoms with Crippen LogP contribution in [-0.2, 0) is 0 Å². The molecule has 2 aromatic carbocycles. The minimum atomic E-state index is -0.188. The zero-order valence-corrected chi connectivity index (χ0v) is 20.8. The summed E-state index contributed by atoms with van der Waals surface area (Å²) in [5.41, 5.74) is 4.91. The first-order valence-corrected chi connectivity index (χ1v) is 12.1. The third kappa shape index (κ3) is 4.02. The van der Waals surface area contributed by atoms with Gasteiger partial charge in [0.2, 0.25) is 0 Å². The van der Waals surface area contributed by atoms with E-state index in [0.717, 1.165) is 28.3 Å². The van der Waals surface area contributed by atoms with E-state index in [4.69, 9.17) is 4.98 Å². The van der Waals surface area contributed by atoms with Crippen molar-refractivity contribution in [1.29, 1.82) is 0 Å². The molecule has 0 spiro atoms. The zero-order valence-electron chi connectivity index (χ0n) is 20.8. The van der Waals surface area contributed by atoms with E-state index in [9.17, 15) is 4.79 Å². The summed E-state index contributed by atoms with van der Waals surface area (Å²) in [7, 11) is 0. The van der Waals surface area contributed by atoms with E-state index in [1.807, 2.05) is 78.5 Å². The Kier molecular flexibility index (Phi) is 5.49. The molecule has 0 aliphatic carbocycles. The van der Waals surface area contributed by atoms with Gasteiger partial charge in [-0.2, -0.15) is 0 Å². The lowest BCUT2D eigenvalue weighted by atomic mass is 10.1. The number of aromatic nitrogens is 7. The number of aryl methyl sites for hydroxylation is 1. The molecule has 8 nitrogen and oxygen atoms in total. The third-order valence-corrected chi connectivity index (χ3v) is 6.44. The van der Waals surface area contributed by atoms with Crippen molar-refractivity contribution in [3.8, 4) is 34.3 Å². The number of pyridine rings is 1. The van der Waals surface area contributed by atoms with Gasteiger partial charge in [0.25, 0.3) is 5.56 Å². The van der Waals surface area contributed by atoms with Crippen LogP contribution in [-0.4, -0.2) is 33.6 Å². The molecule has 0 N–H and O–H groups in total. The lowest BCUT2D eigenvalue weighted by molar-refractivity contribution is 0.605. The number of imidazole rings is 2. The number of nitrogens with zero attached hydrogens (tertiary/aromatic N) is 7. The Hall–Kier alpha value is -4.85. The van der Waals surface area contributed by atoms with Gasteiger partial charge in [-0.15, -0.1) is 0 Å². The average molecular weight is 488 g/mol. The first-order valence-electron chi connectivity index (χ1n) is 12.1. The van der Waals surface area contributed by atoms with Crippen LogP contribution in [0, 0.1) is 6.92 Å². The molecule has 182 valence electrons. The van der Waals surface area contributed by atoms with Gasteiger partial charge in [-0.3, -0.25) is 9.36 Å². The second kappa shape index (κ2) is 8.98. The van der Waals surface area contributed by atoms with E-state index in [2.05, 4.69) is 33.4 Å². The van der Waals surface area contributed by atoms with Crippen LogP contribution < -0.4 is 5.56 Å². The molecule has 0 saturated heterocycles. The highest BCUT2D eigenvalue weighted by atomic mass is 16.1.